The first-order valence-corrected chi connectivity index (χ1v) is 8.73. The van der Waals surface area contributed by atoms with Gasteiger partial charge in [-0.2, -0.15) is 5.10 Å². The van der Waals surface area contributed by atoms with E-state index in [0.29, 0.717) is 11.8 Å². The number of nitrogens with zero attached hydrogens (tertiary/aromatic N) is 4. The maximum Gasteiger partial charge on any atom is 0.226 e. The first kappa shape index (κ1) is 15.4. The summed E-state index contributed by atoms with van der Waals surface area (Å²) < 4.78 is 7.29. The van der Waals surface area contributed by atoms with Crippen LogP contribution in [0.4, 0.5) is 0 Å². The van der Waals surface area contributed by atoms with Gasteiger partial charge in [-0.05, 0) is 25.0 Å². The fourth-order valence-electron chi connectivity index (χ4n) is 3.68. The summed E-state index contributed by atoms with van der Waals surface area (Å²) in [5, 5.41) is 4.23. The zero-order valence-electron chi connectivity index (χ0n) is 14.1. The van der Waals surface area contributed by atoms with Gasteiger partial charge in [0.05, 0.1) is 12.5 Å². The van der Waals surface area contributed by atoms with Crippen LogP contribution in [-0.2, 0) is 18.4 Å². The molecule has 1 amide bonds. The van der Waals surface area contributed by atoms with E-state index in [0.717, 1.165) is 51.3 Å². The number of carbonyl (C=O) groups is 1. The lowest BCUT2D eigenvalue weighted by molar-refractivity contribution is -0.132. The molecule has 128 valence electrons. The quantitative estimate of drug-likeness (QED) is 0.859. The fourth-order valence-corrected chi connectivity index (χ4v) is 3.68. The third-order valence-corrected chi connectivity index (χ3v) is 5.08. The minimum atomic E-state index is 0.126. The van der Waals surface area contributed by atoms with Crippen LogP contribution in [0.15, 0.2) is 35.2 Å². The van der Waals surface area contributed by atoms with Crippen molar-refractivity contribution in [2.24, 2.45) is 13.0 Å². The van der Waals surface area contributed by atoms with Gasteiger partial charge in [0.2, 0.25) is 5.91 Å². The van der Waals surface area contributed by atoms with Gasteiger partial charge >= 0.3 is 0 Å². The summed E-state index contributed by atoms with van der Waals surface area (Å²) in [7, 11) is 1.94. The molecule has 1 aliphatic heterocycles. The van der Waals surface area contributed by atoms with Crippen LogP contribution in [0.5, 0.6) is 0 Å². The highest BCUT2D eigenvalue weighted by atomic mass is 16.3. The van der Waals surface area contributed by atoms with Gasteiger partial charge in [-0.15, -0.1) is 0 Å². The predicted molar refractivity (Wildman–Crippen MR) is 89.2 cm³/mol. The van der Waals surface area contributed by atoms with Crippen molar-refractivity contribution in [1.82, 2.24) is 19.6 Å². The van der Waals surface area contributed by atoms with Gasteiger partial charge in [-0.3, -0.25) is 14.4 Å². The average molecular weight is 328 g/mol. The van der Waals surface area contributed by atoms with E-state index in [9.17, 15) is 4.79 Å². The molecule has 1 saturated carbocycles. The number of aromatic nitrogens is 2. The van der Waals surface area contributed by atoms with E-state index in [4.69, 9.17) is 4.42 Å². The number of aryl methyl sites for hydroxylation is 1. The number of furan rings is 1. The Balaban J connectivity index is 1.31. The first-order valence-electron chi connectivity index (χ1n) is 8.73. The third-order valence-electron chi connectivity index (χ3n) is 5.08. The Morgan fingerprint density at radius 1 is 1.33 bits per heavy atom. The summed E-state index contributed by atoms with van der Waals surface area (Å²) in [6.07, 6.45) is 7.64. The number of amides is 1. The van der Waals surface area contributed by atoms with Crippen LogP contribution in [0.1, 0.15) is 30.1 Å². The van der Waals surface area contributed by atoms with Crippen LogP contribution in [0.2, 0.25) is 0 Å². The minimum absolute atomic E-state index is 0.126. The molecule has 6 nitrogen and oxygen atoms in total. The fraction of sp³-hybridized carbons (Fsp3) is 0.556. The SMILES string of the molecule is Cn1cc(CN2CCCN(C(=O)[C@@H]3C[C@@H]3c3ccco3)CC2)cn1. The Morgan fingerprint density at radius 3 is 3.00 bits per heavy atom. The summed E-state index contributed by atoms with van der Waals surface area (Å²) in [6, 6.07) is 3.88. The zero-order valence-corrected chi connectivity index (χ0v) is 14.1. The Morgan fingerprint density at radius 2 is 2.25 bits per heavy atom. The van der Waals surface area contributed by atoms with Crippen molar-refractivity contribution < 1.29 is 9.21 Å². The van der Waals surface area contributed by atoms with Gasteiger partial charge in [-0.1, -0.05) is 0 Å². The Labute approximate surface area is 142 Å². The van der Waals surface area contributed by atoms with Crippen LogP contribution in [0.3, 0.4) is 0 Å². The van der Waals surface area contributed by atoms with E-state index in [2.05, 4.69) is 21.1 Å². The maximum atomic E-state index is 12.7. The molecule has 2 atom stereocenters. The van der Waals surface area contributed by atoms with Crippen LogP contribution in [0, 0.1) is 5.92 Å². The van der Waals surface area contributed by atoms with Crippen molar-refractivity contribution in [3.05, 3.63) is 42.1 Å². The van der Waals surface area contributed by atoms with Gasteiger partial charge in [0.25, 0.3) is 0 Å². The van der Waals surface area contributed by atoms with Crippen molar-refractivity contribution >= 4 is 5.91 Å². The summed E-state index contributed by atoms with van der Waals surface area (Å²) in [5.74, 6) is 1.68. The van der Waals surface area contributed by atoms with Gasteiger partial charge < -0.3 is 9.32 Å². The van der Waals surface area contributed by atoms with Crippen molar-refractivity contribution in [1.29, 1.82) is 0 Å². The molecule has 0 bridgehead atoms. The van der Waals surface area contributed by atoms with E-state index in [1.807, 2.05) is 30.1 Å². The number of carbonyl (C=O) groups excluding carboxylic acids is 1. The highest BCUT2D eigenvalue weighted by Crippen LogP contribution is 2.48. The maximum absolute atomic E-state index is 12.7. The summed E-state index contributed by atoms with van der Waals surface area (Å²) in [5.41, 5.74) is 1.23. The standard InChI is InChI=1S/C18H24N4O2/c1-20-12-14(11-19-20)13-21-5-3-6-22(8-7-21)18(23)16-10-15(16)17-4-2-9-24-17/h2,4,9,11-12,15-16H,3,5-8,10,13H2,1H3/t15-,16+/m0/s1. The number of hydrogen-bond donors (Lipinski definition) is 0. The molecular formula is C18H24N4O2. The molecule has 0 unspecified atom stereocenters. The Kier molecular flexibility index (Phi) is 4.14. The van der Waals surface area contributed by atoms with Crippen molar-refractivity contribution in [2.45, 2.75) is 25.3 Å². The molecule has 24 heavy (non-hydrogen) atoms. The largest absolute Gasteiger partial charge is 0.469 e. The summed E-state index contributed by atoms with van der Waals surface area (Å²) in [4.78, 5) is 17.2. The van der Waals surface area contributed by atoms with E-state index in [-0.39, 0.29) is 5.92 Å². The number of rotatable bonds is 4. The van der Waals surface area contributed by atoms with Gasteiger partial charge in [0, 0.05) is 63.4 Å². The van der Waals surface area contributed by atoms with Crippen molar-refractivity contribution in [2.75, 3.05) is 26.2 Å². The van der Waals surface area contributed by atoms with E-state index >= 15 is 0 Å². The molecule has 2 aliphatic rings. The van der Waals surface area contributed by atoms with Crippen molar-refractivity contribution in [3.8, 4) is 0 Å². The molecule has 3 heterocycles. The minimum Gasteiger partial charge on any atom is -0.469 e. The van der Waals surface area contributed by atoms with Gasteiger partial charge in [-0.25, -0.2) is 0 Å². The Hall–Kier alpha value is -2.08. The molecule has 0 spiro atoms. The lowest BCUT2D eigenvalue weighted by Crippen LogP contribution is -2.36. The van der Waals surface area contributed by atoms with Crippen LogP contribution < -0.4 is 0 Å². The molecule has 1 saturated heterocycles. The molecule has 0 radical (unpaired) electrons. The highest BCUT2D eigenvalue weighted by Gasteiger charge is 2.47. The normalized spacial score (nSPS) is 24.8. The summed E-state index contributed by atoms with van der Waals surface area (Å²) >= 11 is 0. The second kappa shape index (κ2) is 6.43. The molecule has 4 rings (SSSR count). The van der Waals surface area contributed by atoms with E-state index in [1.54, 1.807) is 6.26 Å². The topological polar surface area (TPSA) is 54.5 Å². The van der Waals surface area contributed by atoms with Crippen molar-refractivity contribution in [3.63, 3.8) is 0 Å². The highest BCUT2D eigenvalue weighted by molar-refractivity contribution is 5.82. The molecule has 2 aromatic rings. The summed E-state index contributed by atoms with van der Waals surface area (Å²) in [6.45, 7) is 4.56. The predicted octanol–water partition coefficient (Wildman–Crippen LogP) is 1.85. The molecule has 6 heteroatoms. The first-order chi connectivity index (χ1) is 11.7. The van der Waals surface area contributed by atoms with Gasteiger partial charge in [0.1, 0.15) is 5.76 Å². The average Bonchev–Trinajstić information content (AvgIpc) is 3.08. The molecule has 0 aromatic carbocycles. The molecular weight excluding hydrogens is 304 g/mol. The second-order valence-electron chi connectivity index (χ2n) is 6.94. The zero-order chi connectivity index (χ0) is 16.5. The van der Waals surface area contributed by atoms with Crippen LogP contribution in [-0.4, -0.2) is 51.7 Å². The molecule has 2 fully saturated rings. The monoisotopic (exact) mass is 328 g/mol. The smallest absolute Gasteiger partial charge is 0.226 e. The van der Waals surface area contributed by atoms with Gasteiger partial charge in [0.15, 0.2) is 0 Å². The lowest BCUT2D eigenvalue weighted by Gasteiger charge is -2.21. The lowest BCUT2D eigenvalue weighted by atomic mass is 10.2. The molecule has 1 aliphatic carbocycles. The third kappa shape index (κ3) is 3.24. The van der Waals surface area contributed by atoms with E-state index < -0.39 is 0 Å². The van der Waals surface area contributed by atoms with Crippen LogP contribution in [0.25, 0.3) is 0 Å². The molecule has 0 N–H and O–H groups in total. The molecule has 2 aromatic heterocycles. The van der Waals surface area contributed by atoms with Crippen LogP contribution >= 0.6 is 0 Å². The number of hydrogen-bond acceptors (Lipinski definition) is 4. The Bertz CT molecular complexity index is 694. The second-order valence-corrected chi connectivity index (χ2v) is 6.94. The van der Waals surface area contributed by atoms with E-state index in [1.165, 1.54) is 5.56 Å².